The Hall–Kier alpha value is -1.21. The van der Waals surface area contributed by atoms with Crippen molar-refractivity contribution >= 4 is 15.5 Å². The van der Waals surface area contributed by atoms with Gasteiger partial charge in [-0.15, -0.1) is 0 Å². The molecule has 2 atom stereocenters. The first kappa shape index (κ1) is 16.2. The molecule has 1 heterocycles. The van der Waals surface area contributed by atoms with Crippen molar-refractivity contribution in [1.29, 1.82) is 0 Å². The third kappa shape index (κ3) is 3.35. The molecular formula is C14H20F2N2O2S. The molecule has 0 radical (unpaired) electrons. The van der Waals surface area contributed by atoms with Gasteiger partial charge in [-0.3, -0.25) is 0 Å². The second-order valence-corrected chi connectivity index (χ2v) is 7.40. The summed E-state index contributed by atoms with van der Waals surface area (Å²) in [6.07, 6.45) is 2.09. The Kier molecular flexibility index (Phi) is 4.83. The SMILES string of the molecule is CC1CCC(CN)CN1c1ccc(S(=O)(=O)C(F)F)cc1. The zero-order chi connectivity index (χ0) is 15.6. The lowest BCUT2D eigenvalue weighted by Gasteiger charge is -2.39. The van der Waals surface area contributed by atoms with Gasteiger partial charge in [-0.1, -0.05) is 0 Å². The normalized spacial score (nSPS) is 23.6. The summed E-state index contributed by atoms with van der Waals surface area (Å²) in [6.45, 7) is 3.51. The molecule has 0 saturated carbocycles. The minimum absolute atomic E-state index is 0.324. The third-order valence-corrected chi connectivity index (χ3v) is 5.44. The Labute approximate surface area is 123 Å². The zero-order valence-electron chi connectivity index (χ0n) is 11.9. The van der Waals surface area contributed by atoms with Crippen LogP contribution in [0, 0.1) is 5.92 Å². The highest BCUT2D eigenvalue weighted by atomic mass is 32.2. The van der Waals surface area contributed by atoms with E-state index in [-0.39, 0.29) is 4.90 Å². The highest BCUT2D eigenvalue weighted by Crippen LogP contribution is 2.29. The number of piperidine rings is 1. The van der Waals surface area contributed by atoms with Crippen molar-refractivity contribution in [3.05, 3.63) is 24.3 Å². The molecule has 4 nitrogen and oxygen atoms in total. The van der Waals surface area contributed by atoms with Crippen LogP contribution in [0.4, 0.5) is 14.5 Å². The van der Waals surface area contributed by atoms with Crippen LogP contribution < -0.4 is 10.6 Å². The summed E-state index contributed by atoms with van der Waals surface area (Å²) in [7, 11) is -4.53. The van der Waals surface area contributed by atoms with E-state index in [2.05, 4.69) is 11.8 Å². The molecule has 1 aliphatic heterocycles. The van der Waals surface area contributed by atoms with Gasteiger partial charge >= 0.3 is 5.76 Å². The van der Waals surface area contributed by atoms with Crippen LogP contribution in [0.15, 0.2) is 29.2 Å². The lowest BCUT2D eigenvalue weighted by molar-refractivity contribution is 0.234. The molecule has 118 valence electrons. The molecule has 0 amide bonds. The standard InChI is InChI=1S/C14H20F2N2O2S/c1-10-2-3-11(8-17)9-18(10)12-4-6-13(7-5-12)21(19,20)14(15)16/h4-7,10-11,14H,2-3,8-9,17H2,1H3. The molecule has 0 aliphatic carbocycles. The number of sulfone groups is 1. The molecular weight excluding hydrogens is 298 g/mol. The summed E-state index contributed by atoms with van der Waals surface area (Å²) < 4.78 is 47.8. The molecule has 2 unspecified atom stereocenters. The van der Waals surface area contributed by atoms with Crippen LogP contribution in [-0.4, -0.2) is 33.3 Å². The highest BCUT2D eigenvalue weighted by Gasteiger charge is 2.28. The van der Waals surface area contributed by atoms with Gasteiger partial charge < -0.3 is 10.6 Å². The number of anilines is 1. The van der Waals surface area contributed by atoms with Gasteiger partial charge in [0, 0.05) is 18.3 Å². The summed E-state index contributed by atoms with van der Waals surface area (Å²) in [6, 6.07) is 5.99. The van der Waals surface area contributed by atoms with Crippen LogP contribution in [0.2, 0.25) is 0 Å². The van der Waals surface area contributed by atoms with Gasteiger partial charge in [0.15, 0.2) is 0 Å². The van der Waals surface area contributed by atoms with E-state index in [1.165, 1.54) is 12.1 Å². The molecule has 1 aromatic carbocycles. The average molecular weight is 318 g/mol. The van der Waals surface area contributed by atoms with Crippen LogP contribution in [0.1, 0.15) is 19.8 Å². The van der Waals surface area contributed by atoms with Crippen LogP contribution in [-0.2, 0) is 9.84 Å². The van der Waals surface area contributed by atoms with Crippen molar-refractivity contribution in [2.75, 3.05) is 18.0 Å². The van der Waals surface area contributed by atoms with E-state index in [0.717, 1.165) is 25.1 Å². The second-order valence-electron chi connectivity index (χ2n) is 5.48. The van der Waals surface area contributed by atoms with Gasteiger partial charge in [0.2, 0.25) is 9.84 Å². The quantitative estimate of drug-likeness (QED) is 0.925. The minimum Gasteiger partial charge on any atom is -0.369 e. The van der Waals surface area contributed by atoms with Gasteiger partial charge in [0.25, 0.3) is 0 Å². The van der Waals surface area contributed by atoms with Gasteiger partial charge in [-0.25, -0.2) is 8.42 Å². The molecule has 21 heavy (non-hydrogen) atoms. The summed E-state index contributed by atoms with van der Waals surface area (Å²) in [4.78, 5) is 1.81. The smallest absolute Gasteiger partial charge is 0.341 e. The van der Waals surface area contributed by atoms with Gasteiger partial charge in [-0.2, -0.15) is 8.78 Å². The summed E-state index contributed by atoms with van der Waals surface area (Å²) >= 11 is 0. The number of halogens is 2. The Balaban J connectivity index is 2.22. The van der Waals surface area contributed by atoms with E-state index in [1.807, 2.05) is 0 Å². The fraction of sp³-hybridized carbons (Fsp3) is 0.571. The van der Waals surface area contributed by atoms with E-state index in [9.17, 15) is 17.2 Å². The number of rotatable bonds is 4. The molecule has 1 saturated heterocycles. The second kappa shape index (κ2) is 6.27. The number of nitrogens with zero attached hydrogens (tertiary/aromatic N) is 1. The molecule has 0 aromatic heterocycles. The zero-order valence-corrected chi connectivity index (χ0v) is 12.7. The van der Waals surface area contributed by atoms with Crippen molar-refractivity contribution in [1.82, 2.24) is 0 Å². The fourth-order valence-electron chi connectivity index (χ4n) is 2.66. The van der Waals surface area contributed by atoms with Crippen LogP contribution >= 0.6 is 0 Å². The number of alkyl halides is 2. The maximum Gasteiger partial charge on any atom is 0.341 e. The number of nitrogens with two attached hydrogens (primary N) is 1. The largest absolute Gasteiger partial charge is 0.369 e. The van der Waals surface area contributed by atoms with Crippen LogP contribution in [0.3, 0.4) is 0 Å². The molecule has 2 N–H and O–H groups in total. The first-order valence-corrected chi connectivity index (χ1v) is 8.49. The molecule has 0 bridgehead atoms. The highest BCUT2D eigenvalue weighted by molar-refractivity contribution is 7.91. The van der Waals surface area contributed by atoms with Crippen LogP contribution in [0.5, 0.6) is 0 Å². The van der Waals surface area contributed by atoms with Crippen molar-refractivity contribution in [2.45, 2.75) is 36.5 Å². The average Bonchev–Trinajstić information content (AvgIpc) is 2.48. The summed E-state index contributed by atoms with van der Waals surface area (Å²) in [5, 5.41) is 0. The van der Waals surface area contributed by atoms with Crippen molar-refractivity contribution in [3.63, 3.8) is 0 Å². The van der Waals surface area contributed by atoms with E-state index in [0.29, 0.717) is 18.5 Å². The van der Waals surface area contributed by atoms with Crippen molar-refractivity contribution in [2.24, 2.45) is 11.7 Å². The van der Waals surface area contributed by atoms with Crippen LogP contribution in [0.25, 0.3) is 0 Å². The van der Waals surface area contributed by atoms with E-state index >= 15 is 0 Å². The first-order valence-electron chi connectivity index (χ1n) is 6.95. The third-order valence-electron chi connectivity index (χ3n) is 4.04. The van der Waals surface area contributed by atoms with E-state index in [1.54, 1.807) is 12.1 Å². The molecule has 7 heteroatoms. The van der Waals surface area contributed by atoms with Gasteiger partial charge in [-0.05, 0) is 56.5 Å². The number of hydrogen-bond donors (Lipinski definition) is 1. The molecule has 1 aromatic rings. The summed E-state index contributed by atoms with van der Waals surface area (Å²) in [5.74, 6) is -2.98. The lowest BCUT2D eigenvalue weighted by Crippen LogP contribution is -2.43. The van der Waals surface area contributed by atoms with Gasteiger partial charge in [0.05, 0.1) is 4.90 Å². The molecule has 0 spiro atoms. The number of hydrogen-bond acceptors (Lipinski definition) is 4. The number of benzene rings is 1. The monoisotopic (exact) mass is 318 g/mol. The van der Waals surface area contributed by atoms with E-state index < -0.39 is 15.6 Å². The van der Waals surface area contributed by atoms with E-state index in [4.69, 9.17) is 5.73 Å². The Bertz CT molecular complexity index is 575. The topological polar surface area (TPSA) is 63.4 Å². The predicted octanol–water partition coefficient (Wildman–Crippen LogP) is 2.25. The molecule has 1 fully saturated rings. The lowest BCUT2D eigenvalue weighted by atomic mass is 9.93. The molecule has 2 rings (SSSR count). The first-order chi connectivity index (χ1) is 9.86. The molecule has 1 aliphatic rings. The minimum atomic E-state index is -4.53. The Morgan fingerprint density at radius 3 is 2.43 bits per heavy atom. The fourth-order valence-corrected chi connectivity index (χ4v) is 3.39. The maximum atomic E-state index is 12.5. The Morgan fingerprint density at radius 1 is 1.29 bits per heavy atom. The van der Waals surface area contributed by atoms with Gasteiger partial charge in [0.1, 0.15) is 0 Å². The predicted molar refractivity (Wildman–Crippen MR) is 78.2 cm³/mol. The maximum absolute atomic E-state index is 12.5. The van der Waals surface area contributed by atoms with Crippen molar-refractivity contribution < 1.29 is 17.2 Å². The summed E-state index contributed by atoms with van der Waals surface area (Å²) in [5.41, 5.74) is 6.56. The Morgan fingerprint density at radius 2 is 1.90 bits per heavy atom. The van der Waals surface area contributed by atoms with Crippen molar-refractivity contribution in [3.8, 4) is 0 Å².